The molecule has 0 bridgehead atoms. The molecule has 8 heteroatoms. The van der Waals surface area contributed by atoms with E-state index in [0.29, 0.717) is 20.7 Å². The van der Waals surface area contributed by atoms with Crippen LogP contribution in [0, 0.1) is 0 Å². The van der Waals surface area contributed by atoms with Gasteiger partial charge in [-0.05, 0) is 23.8 Å². The molecule has 1 fully saturated rings. The number of hydrogen-bond acceptors (Lipinski definition) is 6. The van der Waals surface area contributed by atoms with Crippen LogP contribution in [0.25, 0.3) is 6.08 Å². The highest BCUT2D eigenvalue weighted by atomic mass is 32.2. The zero-order valence-corrected chi connectivity index (χ0v) is 13.3. The number of nitrogens with one attached hydrogen (secondary N) is 1. The van der Waals surface area contributed by atoms with Crippen LogP contribution in [0.4, 0.5) is 0 Å². The van der Waals surface area contributed by atoms with Crippen molar-refractivity contribution in [2.24, 2.45) is 0 Å². The average molecular weight is 339 g/mol. The molecule has 0 radical (unpaired) electrons. The van der Waals surface area contributed by atoms with Crippen molar-refractivity contribution in [2.75, 3.05) is 13.7 Å². The number of methoxy groups -OCH3 is 1. The van der Waals surface area contributed by atoms with E-state index in [1.165, 1.54) is 18.9 Å². The van der Waals surface area contributed by atoms with Crippen LogP contribution in [0.15, 0.2) is 23.1 Å². The van der Waals surface area contributed by atoms with Gasteiger partial charge in [0.2, 0.25) is 0 Å². The van der Waals surface area contributed by atoms with E-state index in [4.69, 9.17) is 26.8 Å². The lowest BCUT2D eigenvalue weighted by Gasteiger charge is -2.10. The van der Waals surface area contributed by atoms with Crippen LogP contribution >= 0.6 is 24.0 Å². The number of benzene rings is 1. The number of carbonyl (C=O) groups is 2. The first-order valence-corrected chi connectivity index (χ1v) is 7.49. The van der Waals surface area contributed by atoms with E-state index in [2.05, 4.69) is 5.32 Å². The van der Waals surface area contributed by atoms with Crippen molar-refractivity contribution in [1.29, 1.82) is 0 Å². The minimum atomic E-state index is -0.930. The number of amides is 1. The summed E-state index contributed by atoms with van der Waals surface area (Å²) in [5, 5.41) is 11.1. The summed E-state index contributed by atoms with van der Waals surface area (Å²) in [5.74, 6) is -0.244. The largest absolute Gasteiger partial charge is 0.493 e. The van der Waals surface area contributed by atoms with E-state index in [1.807, 2.05) is 0 Å². The fourth-order valence-electron chi connectivity index (χ4n) is 1.71. The van der Waals surface area contributed by atoms with Gasteiger partial charge in [-0.1, -0.05) is 30.0 Å². The molecule has 0 aromatic heterocycles. The Morgan fingerprint density at radius 3 is 2.82 bits per heavy atom. The van der Waals surface area contributed by atoms with Gasteiger partial charge >= 0.3 is 5.97 Å². The molecule has 22 heavy (non-hydrogen) atoms. The number of hydrogen-bond donors (Lipinski definition) is 2. The molecule has 0 unspecified atom stereocenters. The summed E-state index contributed by atoms with van der Waals surface area (Å²) < 4.78 is 11.0. The molecule has 0 spiro atoms. The number of thioether (sulfide) groups is 1. The third kappa shape index (κ3) is 4.22. The fraction of sp³-hybridized carbons (Fsp3) is 0.214. The number of thiocarbonyl (C=S) groups is 1. The second-order valence-electron chi connectivity index (χ2n) is 4.25. The number of carboxylic acids is 1. The maximum Gasteiger partial charge on any atom is 0.306 e. The van der Waals surface area contributed by atoms with E-state index in [0.717, 1.165) is 5.56 Å². The lowest BCUT2D eigenvalue weighted by molar-refractivity contribution is -0.137. The van der Waals surface area contributed by atoms with E-state index in [9.17, 15) is 9.59 Å². The summed E-state index contributed by atoms with van der Waals surface area (Å²) >= 11 is 6.12. The van der Waals surface area contributed by atoms with Crippen molar-refractivity contribution < 1.29 is 24.2 Å². The van der Waals surface area contributed by atoms with Gasteiger partial charge in [0.25, 0.3) is 5.91 Å². The van der Waals surface area contributed by atoms with Crippen LogP contribution < -0.4 is 14.8 Å². The van der Waals surface area contributed by atoms with Crippen molar-refractivity contribution in [2.45, 2.75) is 6.42 Å². The topological polar surface area (TPSA) is 84.9 Å². The summed E-state index contributed by atoms with van der Waals surface area (Å²) in [6.07, 6.45) is 1.60. The standard InChI is InChI=1S/C14H13NO5S2/c1-19-10-6-8(7-11-13(18)15-14(21)22-11)2-3-9(10)20-5-4-12(16)17/h2-3,6-7H,4-5H2,1H3,(H,16,17)(H,15,18,21)/b11-7+. The van der Waals surface area contributed by atoms with Gasteiger partial charge < -0.3 is 19.9 Å². The Morgan fingerprint density at radius 1 is 1.45 bits per heavy atom. The van der Waals surface area contributed by atoms with Crippen molar-refractivity contribution in [3.05, 3.63) is 28.7 Å². The monoisotopic (exact) mass is 339 g/mol. The SMILES string of the molecule is COc1cc(/C=C2/SC(=S)NC2=O)ccc1OCCC(=O)O. The molecular formula is C14H13NO5S2. The maximum absolute atomic E-state index is 11.6. The van der Waals surface area contributed by atoms with E-state index < -0.39 is 5.97 Å². The van der Waals surface area contributed by atoms with Crippen LogP contribution in [-0.4, -0.2) is 35.0 Å². The van der Waals surface area contributed by atoms with Crippen molar-refractivity contribution >= 4 is 46.3 Å². The smallest absolute Gasteiger partial charge is 0.306 e. The predicted molar refractivity (Wildman–Crippen MR) is 87.1 cm³/mol. The molecule has 1 aliphatic rings. The van der Waals surface area contributed by atoms with Gasteiger partial charge in [-0.15, -0.1) is 0 Å². The van der Waals surface area contributed by atoms with Crippen molar-refractivity contribution in [3.63, 3.8) is 0 Å². The Kier molecular flexibility index (Phi) is 5.40. The molecule has 1 aromatic carbocycles. The van der Waals surface area contributed by atoms with Crippen molar-refractivity contribution in [1.82, 2.24) is 5.32 Å². The summed E-state index contributed by atoms with van der Waals surface area (Å²) in [4.78, 5) is 22.6. The Bertz CT molecular complexity index is 657. The van der Waals surface area contributed by atoms with Gasteiger partial charge in [-0.2, -0.15) is 0 Å². The quantitative estimate of drug-likeness (QED) is 0.606. The van der Waals surface area contributed by atoms with E-state index in [1.54, 1.807) is 24.3 Å². The van der Waals surface area contributed by atoms with Gasteiger partial charge in [-0.25, -0.2) is 0 Å². The first-order chi connectivity index (χ1) is 10.5. The van der Waals surface area contributed by atoms with Crippen LogP contribution in [0.2, 0.25) is 0 Å². The molecule has 0 atom stereocenters. The Balaban J connectivity index is 2.15. The van der Waals surface area contributed by atoms with Crippen molar-refractivity contribution in [3.8, 4) is 11.5 Å². The van der Waals surface area contributed by atoms with E-state index in [-0.39, 0.29) is 18.9 Å². The minimum absolute atomic E-state index is 0.0542. The highest BCUT2D eigenvalue weighted by Crippen LogP contribution is 2.31. The molecule has 0 aliphatic carbocycles. The van der Waals surface area contributed by atoms with Gasteiger partial charge in [0.05, 0.1) is 25.0 Å². The van der Waals surface area contributed by atoms with Gasteiger partial charge in [0, 0.05) is 0 Å². The van der Waals surface area contributed by atoms with Crippen LogP contribution in [0.1, 0.15) is 12.0 Å². The van der Waals surface area contributed by atoms with E-state index >= 15 is 0 Å². The Hall–Kier alpha value is -2.06. The number of carbonyl (C=O) groups excluding carboxylic acids is 1. The number of carboxylic acid groups (broad SMARTS) is 1. The Morgan fingerprint density at radius 2 is 2.23 bits per heavy atom. The van der Waals surface area contributed by atoms with Gasteiger partial charge in [0.15, 0.2) is 11.5 Å². The molecule has 1 amide bonds. The summed E-state index contributed by atoms with van der Waals surface area (Å²) in [7, 11) is 1.49. The first-order valence-electron chi connectivity index (χ1n) is 6.27. The number of aliphatic carboxylic acids is 1. The molecule has 1 aliphatic heterocycles. The number of ether oxygens (including phenoxy) is 2. The average Bonchev–Trinajstić information content (AvgIpc) is 2.77. The molecule has 1 saturated heterocycles. The molecule has 6 nitrogen and oxygen atoms in total. The highest BCUT2D eigenvalue weighted by Gasteiger charge is 2.22. The zero-order chi connectivity index (χ0) is 16.1. The summed E-state index contributed by atoms with van der Waals surface area (Å²) in [5.41, 5.74) is 0.754. The molecule has 2 N–H and O–H groups in total. The van der Waals surface area contributed by atoms with Gasteiger partial charge in [-0.3, -0.25) is 9.59 Å². The second-order valence-corrected chi connectivity index (χ2v) is 5.97. The molecular weight excluding hydrogens is 326 g/mol. The summed E-state index contributed by atoms with van der Waals surface area (Å²) in [6, 6.07) is 5.13. The maximum atomic E-state index is 11.6. The molecule has 2 rings (SSSR count). The lowest BCUT2D eigenvalue weighted by atomic mass is 10.2. The zero-order valence-electron chi connectivity index (χ0n) is 11.6. The van der Waals surface area contributed by atoms with Crippen LogP contribution in [-0.2, 0) is 9.59 Å². The fourth-order valence-corrected chi connectivity index (χ4v) is 2.76. The molecule has 0 saturated carbocycles. The molecule has 1 heterocycles. The highest BCUT2D eigenvalue weighted by molar-refractivity contribution is 8.26. The van der Waals surface area contributed by atoms with Crippen LogP contribution in [0.3, 0.4) is 0 Å². The second kappa shape index (κ2) is 7.28. The van der Waals surface area contributed by atoms with Crippen LogP contribution in [0.5, 0.6) is 11.5 Å². The lowest BCUT2D eigenvalue weighted by Crippen LogP contribution is -2.17. The minimum Gasteiger partial charge on any atom is -0.493 e. The number of rotatable bonds is 6. The normalized spacial score (nSPS) is 15.8. The third-order valence-electron chi connectivity index (χ3n) is 2.70. The molecule has 1 aromatic rings. The Labute approximate surface area is 136 Å². The first kappa shape index (κ1) is 16.3. The third-order valence-corrected chi connectivity index (χ3v) is 3.86. The summed E-state index contributed by atoms with van der Waals surface area (Å²) in [6.45, 7) is 0.0542. The predicted octanol–water partition coefficient (Wildman–Crippen LogP) is 2.04. The van der Waals surface area contributed by atoms with Gasteiger partial charge in [0.1, 0.15) is 4.32 Å². The molecule has 116 valence electrons.